The number of unbranched alkanes of at least 4 members (excludes halogenated alkanes) is 1. The van der Waals surface area contributed by atoms with Crippen molar-refractivity contribution in [3.8, 4) is 5.82 Å². The average molecular weight is 380 g/mol. The van der Waals surface area contributed by atoms with Crippen LogP contribution in [-0.2, 0) is 6.54 Å². The Morgan fingerprint density at radius 3 is 2.75 bits per heavy atom. The molecule has 1 aromatic carbocycles. The van der Waals surface area contributed by atoms with Gasteiger partial charge < -0.3 is 24.0 Å². The fraction of sp³-hybridized carbons (Fsp3) is 0.267. The van der Waals surface area contributed by atoms with E-state index in [1.54, 1.807) is 0 Å². The summed E-state index contributed by atoms with van der Waals surface area (Å²) in [7, 11) is 0. The third-order valence-electron chi connectivity index (χ3n) is 3.24. The molecule has 0 aliphatic carbocycles. The fourth-order valence-electron chi connectivity index (χ4n) is 2.22. The Balaban J connectivity index is 0.00000147. The minimum absolute atomic E-state index is 0. The molecule has 104 valence electrons. The summed E-state index contributed by atoms with van der Waals surface area (Å²) in [5.41, 5.74) is 1.97. The van der Waals surface area contributed by atoms with E-state index >= 15 is 0 Å². The Hall–Kier alpha value is -1.50. The summed E-state index contributed by atoms with van der Waals surface area (Å²) in [6, 6.07) is 14.2. The molecule has 3 aromatic rings. The predicted octanol–water partition coefficient (Wildman–Crippen LogP) is -0.488. The van der Waals surface area contributed by atoms with E-state index in [1.807, 2.05) is 35.0 Å². The highest BCUT2D eigenvalue weighted by atomic mass is 127. The number of fused-ring (bicyclic) bond motifs is 1. The number of hydrogen-bond acceptors (Lipinski definition) is 2. The Labute approximate surface area is 135 Å². The lowest BCUT2D eigenvalue weighted by molar-refractivity contribution is -0.691. The van der Waals surface area contributed by atoms with E-state index in [0.717, 1.165) is 29.8 Å². The number of hydrogen-bond donors (Lipinski definition) is 0. The maximum atomic E-state index is 4.28. The minimum Gasteiger partial charge on any atom is -1.00 e. The Bertz CT molecular complexity index is 693. The topological polar surface area (TPSA) is 34.6 Å². The van der Waals surface area contributed by atoms with Crippen molar-refractivity contribution >= 4 is 11.0 Å². The van der Waals surface area contributed by atoms with Crippen molar-refractivity contribution in [2.75, 3.05) is 0 Å². The third-order valence-corrected chi connectivity index (χ3v) is 3.24. The second-order valence-electron chi connectivity index (χ2n) is 4.60. The molecule has 2 aromatic heterocycles. The van der Waals surface area contributed by atoms with Crippen LogP contribution in [0.15, 0.2) is 48.7 Å². The molecule has 0 fully saturated rings. The first-order valence-corrected chi connectivity index (χ1v) is 6.69. The Kier molecular flexibility index (Phi) is 5.05. The normalized spacial score (nSPS) is 10.4. The smallest absolute Gasteiger partial charge is 0.308 e. The van der Waals surface area contributed by atoms with E-state index in [2.05, 4.69) is 40.1 Å². The SMILES string of the molecule is CCCC[n+]1ccccc1-n1nnc2ccccc21.[I-]. The van der Waals surface area contributed by atoms with Crippen LogP contribution in [0.4, 0.5) is 0 Å². The molecule has 0 atom stereocenters. The number of aromatic nitrogens is 4. The molecule has 0 unspecified atom stereocenters. The van der Waals surface area contributed by atoms with Crippen LogP contribution in [0.25, 0.3) is 16.9 Å². The van der Waals surface area contributed by atoms with Crippen molar-refractivity contribution < 1.29 is 28.5 Å². The number of rotatable bonds is 4. The van der Waals surface area contributed by atoms with Gasteiger partial charge in [0.1, 0.15) is 5.52 Å². The summed E-state index contributed by atoms with van der Waals surface area (Å²) >= 11 is 0. The highest BCUT2D eigenvalue weighted by Gasteiger charge is 2.17. The van der Waals surface area contributed by atoms with E-state index in [4.69, 9.17) is 0 Å². The molecule has 0 aliphatic heterocycles. The third kappa shape index (κ3) is 2.82. The molecule has 3 rings (SSSR count). The highest BCUT2D eigenvalue weighted by molar-refractivity contribution is 5.75. The summed E-state index contributed by atoms with van der Waals surface area (Å²) in [5.74, 6) is 1.06. The molecule has 20 heavy (non-hydrogen) atoms. The van der Waals surface area contributed by atoms with Gasteiger partial charge in [-0.05, 0) is 24.6 Å². The van der Waals surface area contributed by atoms with Crippen molar-refractivity contribution in [3.63, 3.8) is 0 Å². The van der Waals surface area contributed by atoms with Gasteiger partial charge in [0.15, 0.2) is 5.52 Å². The standard InChI is InChI=1S/C15H17N4.HI/c1-2-3-11-18-12-7-6-10-15(18)19-14-9-5-4-8-13(14)16-17-19;/h4-10,12H,2-3,11H2,1H3;1H/q+1;/p-1. The first-order valence-electron chi connectivity index (χ1n) is 6.69. The quantitative estimate of drug-likeness (QED) is 0.453. The Morgan fingerprint density at radius 2 is 1.90 bits per heavy atom. The van der Waals surface area contributed by atoms with Gasteiger partial charge in [0, 0.05) is 11.3 Å². The largest absolute Gasteiger partial charge is 1.00 e. The lowest BCUT2D eigenvalue weighted by Crippen LogP contribution is -3.00. The van der Waals surface area contributed by atoms with Crippen LogP contribution in [0.2, 0.25) is 0 Å². The minimum atomic E-state index is 0. The van der Waals surface area contributed by atoms with Gasteiger partial charge in [0.25, 0.3) is 0 Å². The zero-order chi connectivity index (χ0) is 13.1. The number of para-hydroxylation sites is 1. The molecule has 0 N–H and O–H groups in total. The highest BCUT2D eigenvalue weighted by Crippen LogP contribution is 2.13. The van der Waals surface area contributed by atoms with Crippen LogP contribution >= 0.6 is 0 Å². The molecular formula is C15H17IN4. The molecular weight excluding hydrogens is 363 g/mol. The molecule has 0 bridgehead atoms. The first kappa shape index (κ1) is 14.9. The van der Waals surface area contributed by atoms with Gasteiger partial charge in [-0.25, -0.2) is 4.57 Å². The zero-order valence-corrected chi connectivity index (χ0v) is 13.6. The second kappa shape index (κ2) is 6.78. The molecule has 0 aliphatic rings. The van der Waals surface area contributed by atoms with Gasteiger partial charge in [-0.2, -0.15) is 0 Å². The van der Waals surface area contributed by atoms with Crippen LogP contribution in [0.5, 0.6) is 0 Å². The zero-order valence-electron chi connectivity index (χ0n) is 11.4. The van der Waals surface area contributed by atoms with Crippen molar-refractivity contribution in [2.24, 2.45) is 0 Å². The van der Waals surface area contributed by atoms with Crippen molar-refractivity contribution in [3.05, 3.63) is 48.7 Å². The van der Waals surface area contributed by atoms with Crippen LogP contribution < -0.4 is 28.5 Å². The lowest BCUT2D eigenvalue weighted by Gasteiger charge is -2.03. The number of aryl methyl sites for hydroxylation is 1. The monoisotopic (exact) mass is 380 g/mol. The molecule has 4 nitrogen and oxygen atoms in total. The van der Waals surface area contributed by atoms with Crippen molar-refractivity contribution in [2.45, 2.75) is 26.3 Å². The molecule has 5 heteroatoms. The number of nitrogens with zero attached hydrogens (tertiary/aromatic N) is 4. The molecule has 0 radical (unpaired) electrons. The predicted molar refractivity (Wildman–Crippen MR) is 74.0 cm³/mol. The van der Waals surface area contributed by atoms with Gasteiger partial charge in [-0.3, -0.25) is 0 Å². The summed E-state index contributed by atoms with van der Waals surface area (Å²) in [6.45, 7) is 3.20. The molecule has 0 saturated heterocycles. The van der Waals surface area contributed by atoms with E-state index in [-0.39, 0.29) is 24.0 Å². The van der Waals surface area contributed by atoms with E-state index in [0.29, 0.717) is 0 Å². The van der Waals surface area contributed by atoms with Crippen molar-refractivity contribution in [1.82, 2.24) is 15.0 Å². The van der Waals surface area contributed by atoms with Gasteiger partial charge in [0.05, 0.1) is 12.7 Å². The summed E-state index contributed by atoms with van der Waals surface area (Å²) in [4.78, 5) is 0. The van der Waals surface area contributed by atoms with E-state index in [9.17, 15) is 0 Å². The number of benzene rings is 1. The number of pyridine rings is 1. The first-order chi connectivity index (χ1) is 9.40. The van der Waals surface area contributed by atoms with Crippen LogP contribution in [0.3, 0.4) is 0 Å². The van der Waals surface area contributed by atoms with E-state index < -0.39 is 0 Å². The maximum absolute atomic E-state index is 4.28. The lowest BCUT2D eigenvalue weighted by atomic mass is 10.3. The molecule has 0 spiro atoms. The number of halogens is 1. The van der Waals surface area contributed by atoms with E-state index in [1.165, 1.54) is 6.42 Å². The van der Waals surface area contributed by atoms with Gasteiger partial charge in [-0.15, -0.1) is 5.10 Å². The van der Waals surface area contributed by atoms with Crippen LogP contribution in [-0.4, -0.2) is 15.0 Å². The van der Waals surface area contributed by atoms with Gasteiger partial charge in [0.2, 0.25) is 0 Å². The average Bonchev–Trinajstić information content (AvgIpc) is 2.89. The summed E-state index contributed by atoms with van der Waals surface area (Å²) in [5, 5.41) is 8.50. The molecule has 2 heterocycles. The molecule has 0 amide bonds. The second-order valence-corrected chi connectivity index (χ2v) is 4.60. The maximum Gasteiger partial charge on any atom is 0.308 e. The van der Waals surface area contributed by atoms with Crippen LogP contribution in [0.1, 0.15) is 19.8 Å². The summed E-state index contributed by atoms with van der Waals surface area (Å²) < 4.78 is 4.13. The summed E-state index contributed by atoms with van der Waals surface area (Å²) in [6.07, 6.45) is 4.44. The molecule has 0 saturated carbocycles. The van der Waals surface area contributed by atoms with Crippen LogP contribution in [0, 0.1) is 0 Å². The Morgan fingerprint density at radius 1 is 1.10 bits per heavy atom. The van der Waals surface area contributed by atoms with Gasteiger partial charge >= 0.3 is 5.82 Å². The van der Waals surface area contributed by atoms with Crippen molar-refractivity contribution in [1.29, 1.82) is 0 Å². The fourth-order valence-corrected chi connectivity index (χ4v) is 2.22. The van der Waals surface area contributed by atoms with Gasteiger partial charge in [-0.1, -0.05) is 36.2 Å².